The Kier molecular flexibility index (Phi) is 4.72. The molecule has 0 spiro atoms. The van der Waals surface area contributed by atoms with Gasteiger partial charge < -0.3 is 14.8 Å². The van der Waals surface area contributed by atoms with Crippen LogP contribution >= 0.6 is 0 Å². The van der Waals surface area contributed by atoms with Crippen molar-refractivity contribution in [2.75, 3.05) is 12.4 Å². The maximum atomic E-state index is 12.4. The van der Waals surface area contributed by atoms with Gasteiger partial charge in [-0.15, -0.1) is 0 Å². The molecule has 1 N–H and O–H groups in total. The molecule has 0 unspecified atom stereocenters. The van der Waals surface area contributed by atoms with Gasteiger partial charge in [-0.05, 0) is 36.4 Å². The lowest BCUT2D eigenvalue weighted by molar-refractivity contribution is 0.102. The van der Waals surface area contributed by atoms with Gasteiger partial charge in [0.25, 0.3) is 5.91 Å². The highest BCUT2D eigenvalue weighted by Gasteiger charge is 2.08. The first kappa shape index (κ1) is 15.6. The fraction of sp³-hybridized carbons (Fsp3) is 0.0526. The second kappa shape index (κ2) is 7.28. The second-order valence-corrected chi connectivity index (χ2v) is 4.98. The zero-order valence-electron chi connectivity index (χ0n) is 13.1. The molecule has 0 aliphatic carbocycles. The first-order chi connectivity index (χ1) is 11.7. The first-order valence-electron chi connectivity index (χ1n) is 7.39. The lowest BCUT2D eigenvalue weighted by Crippen LogP contribution is -2.11. The Morgan fingerprint density at radius 1 is 0.958 bits per heavy atom. The number of carbonyl (C=O) groups excluding carboxylic acids is 1. The van der Waals surface area contributed by atoms with Crippen molar-refractivity contribution in [2.45, 2.75) is 0 Å². The molecule has 0 aliphatic heterocycles. The van der Waals surface area contributed by atoms with Gasteiger partial charge in [0, 0.05) is 29.6 Å². The zero-order valence-corrected chi connectivity index (χ0v) is 13.1. The summed E-state index contributed by atoms with van der Waals surface area (Å²) in [6.45, 7) is 0. The van der Waals surface area contributed by atoms with Crippen molar-refractivity contribution in [1.29, 1.82) is 0 Å². The van der Waals surface area contributed by atoms with Crippen molar-refractivity contribution in [3.63, 3.8) is 0 Å². The molecule has 5 nitrogen and oxygen atoms in total. The van der Waals surface area contributed by atoms with Crippen LogP contribution in [-0.2, 0) is 0 Å². The van der Waals surface area contributed by atoms with Gasteiger partial charge >= 0.3 is 0 Å². The Bertz CT molecular complexity index is 835. The molecule has 0 aliphatic rings. The van der Waals surface area contributed by atoms with Crippen molar-refractivity contribution in [1.82, 2.24) is 4.98 Å². The summed E-state index contributed by atoms with van der Waals surface area (Å²) in [7, 11) is 1.58. The molecule has 3 rings (SSSR count). The van der Waals surface area contributed by atoms with Gasteiger partial charge in [0.1, 0.15) is 11.5 Å². The molecule has 2 aromatic carbocycles. The summed E-state index contributed by atoms with van der Waals surface area (Å²) in [6, 6.07) is 19.5. The molecular formula is C19H16N2O3. The Balaban J connectivity index is 1.74. The monoisotopic (exact) mass is 320 g/mol. The topological polar surface area (TPSA) is 60.5 Å². The number of nitrogens with one attached hydrogen (secondary N) is 1. The van der Waals surface area contributed by atoms with Gasteiger partial charge in [-0.3, -0.25) is 4.79 Å². The van der Waals surface area contributed by atoms with E-state index in [9.17, 15) is 4.79 Å². The van der Waals surface area contributed by atoms with E-state index in [-0.39, 0.29) is 5.91 Å². The third kappa shape index (κ3) is 3.89. The van der Waals surface area contributed by atoms with E-state index in [2.05, 4.69) is 10.3 Å². The third-order valence-corrected chi connectivity index (χ3v) is 3.28. The van der Waals surface area contributed by atoms with E-state index < -0.39 is 0 Å². The van der Waals surface area contributed by atoms with Crippen LogP contribution < -0.4 is 14.8 Å². The molecule has 24 heavy (non-hydrogen) atoms. The number of rotatable bonds is 5. The molecule has 0 atom stereocenters. The van der Waals surface area contributed by atoms with Gasteiger partial charge in [0.05, 0.1) is 7.11 Å². The molecular weight excluding hydrogens is 304 g/mol. The van der Waals surface area contributed by atoms with Crippen LogP contribution in [0.2, 0.25) is 0 Å². The van der Waals surface area contributed by atoms with Crippen molar-refractivity contribution in [3.8, 4) is 17.4 Å². The van der Waals surface area contributed by atoms with E-state index >= 15 is 0 Å². The highest BCUT2D eigenvalue weighted by Crippen LogP contribution is 2.21. The Labute approximate surface area is 139 Å². The number of hydrogen-bond acceptors (Lipinski definition) is 4. The average molecular weight is 320 g/mol. The van der Waals surface area contributed by atoms with Crippen LogP contribution in [0.15, 0.2) is 72.9 Å². The fourth-order valence-electron chi connectivity index (χ4n) is 2.13. The Morgan fingerprint density at radius 2 is 1.79 bits per heavy atom. The van der Waals surface area contributed by atoms with Crippen LogP contribution in [0.4, 0.5) is 5.69 Å². The van der Waals surface area contributed by atoms with Gasteiger partial charge in [-0.2, -0.15) is 0 Å². The molecule has 1 amide bonds. The minimum atomic E-state index is -0.227. The van der Waals surface area contributed by atoms with Crippen molar-refractivity contribution >= 4 is 11.6 Å². The molecule has 120 valence electrons. The van der Waals surface area contributed by atoms with Gasteiger partial charge in [-0.25, -0.2) is 4.98 Å². The standard InChI is InChI=1S/C19H16N2O3/c1-23-16-8-5-7-15(13-16)21-19(22)14-6-4-9-17(12-14)24-18-10-2-3-11-20-18/h2-13H,1H3,(H,21,22). The number of aromatic nitrogens is 1. The molecule has 1 heterocycles. The van der Waals surface area contributed by atoms with Crippen molar-refractivity contribution in [2.24, 2.45) is 0 Å². The molecule has 1 aromatic heterocycles. The highest BCUT2D eigenvalue weighted by atomic mass is 16.5. The van der Waals surface area contributed by atoms with Crippen molar-refractivity contribution < 1.29 is 14.3 Å². The number of hydrogen-bond donors (Lipinski definition) is 1. The maximum Gasteiger partial charge on any atom is 0.255 e. The SMILES string of the molecule is COc1cccc(NC(=O)c2cccc(Oc3ccccn3)c2)c1. The molecule has 0 bridgehead atoms. The van der Waals surface area contributed by atoms with Crippen LogP contribution in [0, 0.1) is 0 Å². The summed E-state index contributed by atoms with van der Waals surface area (Å²) >= 11 is 0. The van der Waals surface area contributed by atoms with Crippen LogP contribution in [0.25, 0.3) is 0 Å². The van der Waals surface area contributed by atoms with Crippen LogP contribution in [0.3, 0.4) is 0 Å². The molecule has 0 saturated heterocycles. The number of methoxy groups -OCH3 is 1. The smallest absolute Gasteiger partial charge is 0.255 e. The van der Waals surface area contributed by atoms with E-state index in [0.29, 0.717) is 28.6 Å². The fourth-order valence-corrected chi connectivity index (χ4v) is 2.13. The molecule has 0 radical (unpaired) electrons. The highest BCUT2D eigenvalue weighted by molar-refractivity contribution is 6.04. The molecule has 0 saturated carbocycles. The van der Waals surface area contributed by atoms with E-state index in [1.165, 1.54) is 0 Å². The first-order valence-corrected chi connectivity index (χ1v) is 7.39. The Hall–Kier alpha value is -3.34. The molecule has 0 fully saturated rings. The van der Waals surface area contributed by atoms with Gasteiger partial charge in [0.15, 0.2) is 0 Å². The zero-order chi connectivity index (χ0) is 16.8. The van der Waals surface area contributed by atoms with Crippen LogP contribution in [-0.4, -0.2) is 18.0 Å². The quantitative estimate of drug-likeness (QED) is 0.767. The van der Waals surface area contributed by atoms with E-state index in [4.69, 9.17) is 9.47 Å². The lowest BCUT2D eigenvalue weighted by atomic mass is 10.2. The number of ether oxygens (including phenoxy) is 2. The third-order valence-electron chi connectivity index (χ3n) is 3.28. The predicted molar refractivity (Wildman–Crippen MR) is 91.7 cm³/mol. The largest absolute Gasteiger partial charge is 0.497 e. The minimum absolute atomic E-state index is 0.227. The van der Waals surface area contributed by atoms with Gasteiger partial charge in [0.2, 0.25) is 5.88 Å². The molecule has 5 heteroatoms. The van der Waals surface area contributed by atoms with E-state index in [1.807, 2.05) is 24.3 Å². The van der Waals surface area contributed by atoms with E-state index in [0.717, 1.165) is 0 Å². The predicted octanol–water partition coefficient (Wildman–Crippen LogP) is 4.13. The number of nitrogens with zero attached hydrogens (tertiary/aromatic N) is 1. The van der Waals surface area contributed by atoms with Gasteiger partial charge in [-0.1, -0.05) is 18.2 Å². The summed E-state index contributed by atoms with van der Waals surface area (Å²) < 4.78 is 10.8. The number of anilines is 1. The number of pyridine rings is 1. The Morgan fingerprint density at radius 3 is 2.58 bits per heavy atom. The van der Waals surface area contributed by atoms with Crippen LogP contribution in [0.1, 0.15) is 10.4 Å². The summed E-state index contributed by atoms with van der Waals surface area (Å²) in [5.41, 5.74) is 1.15. The maximum absolute atomic E-state index is 12.4. The summed E-state index contributed by atoms with van der Waals surface area (Å²) in [6.07, 6.45) is 1.65. The van der Waals surface area contributed by atoms with Crippen molar-refractivity contribution in [3.05, 3.63) is 78.5 Å². The van der Waals surface area contributed by atoms with E-state index in [1.54, 1.807) is 55.8 Å². The molecule has 3 aromatic rings. The second-order valence-electron chi connectivity index (χ2n) is 4.98. The lowest BCUT2D eigenvalue weighted by Gasteiger charge is -2.09. The van der Waals surface area contributed by atoms with Crippen LogP contribution in [0.5, 0.6) is 17.4 Å². The summed E-state index contributed by atoms with van der Waals surface area (Å²) in [5.74, 6) is 1.48. The minimum Gasteiger partial charge on any atom is -0.497 e. The summed E-state index contributed by atoms with van der Waals surface area (Å²) in [4.78, 5) is 16.5. The number of benzene rings is 2. The average Bonchev–Trinajstić information content (AvgIpc) is 2.63. The number of amides is 1. The number of carbonyl (C=O) groups is 1. The summed E-state index contributed by atoms with van der Waals surface area (Å²) in [5, 5.41) is 2.83. The normalized spacial score (nSPS) is 10.0.